The van der Waals surface area contributed by atoms with Crippen molar-refractivity contribution in [2.24, 2.45) is 0 Å². The van der Waals surface area contributed by atoms with Gasteiger partial charge in [-0.05, 0) is 12.5 Å². The maximum atomic E-state index is 12.0. The number of carbonyl (C=O) groups excluding carboxylic acids is 1. The Morgan fingerprint density at radius 3 is 3.18 bits per heavy atom. The van der Waals surface area contributed by atoms with Crippen LogP contribution in [0.4, 0.5) is 5.69 Å². The smallest absolute Gasteiger partial charge is 0.245 e. The minimum atomic E-state index is -0.0820. The van der Waals surface area contributed by atoms with Crippen LogP contribution < -0.4 is 4.90 Å². The largest absolute Gasteiger partial charge is 0.356 e. The highest BCUT2D eigenvalue weighted by atomic mass is 16.5. The third-order valence-electron chi connectivity index (χ3n) is 3.45. The highest BCUT2D eigenvalue weighted by molar-refractivity contribution is 5.87. The van der Waals surface area contributed by atoms with Gasteiger partial charge in [0.2, 0.25) is 5.91 Å². The standard InChI is InChI=1S/C12H15N3O2/c1-14-5-3-11(12(14)16)15-8-17-7-9-6-13-4-2-10(9)15/h2,4,6,11H,3,5,7-8H2,1H3. The monoisotopic (exact) mass is 233 g/mol. The van der Waals surface area contributed by atoms with E-state index in [1.807, 2.05) is 24.2 Å². The Hall–Kier alpha value is -1.62. The molecule has 90 valence electrons. The van der Waals surface area contributed by atoms with Crippen molar-refractivity contribution in [3.8, 4) is 0 Å². The van der Waals surface area contributed by atoms with Crippen molar-refractivity contribution >= 4 is 11.6 Å². The van der Waals surface area contributed by atoms with Crippen molar-refractivity contribution in [3.05, 3.63) is 24.0 Å². The molecule has 0 aliphatic carbocycles. The third-order valence-corrected chi connectivity index (χ3v) is 3.45. The van der Waals surface area contributed by atoms with Gasteiger partial charge in [-0.1, -0.05) is 0 Å². The molecule has 0 radical (unpaired) electrons. The number of ether oxygens (including phenoxy) is 1. The zero-order chi connectivity index (χ0) is 11.8. The van der Waals surface area contributed by atoms with Crippen LogP contribution >= 0.6 is 0 Å². The molecule has 2 aliphatic rings. The van der Waals surface area contributed by atoms with E-state index in [0.717, 1.165) is 24.2 Å². The topological polar surface area (TPSA) is 45.7 Å². The molecule has 1 amide bonds. The van der Waals surface area contributed by atoms with Crippen molar-refractivity contribution in [2.75, 3.05) is 25.2 Å². The minimum Gasteiger partial charge on any atom is -0.356 e. The number of hydrogen-bond donors (Lipinski definition) is 0. The average molecular weight is 233 g/mol. The van der Waals surface area contributed by atoms with Gasteiger partial charge in [0.25, 0.3) is 0 Å². The number of pyridine rings is 1. The molecule has 5 nitrogen and oxygen atoms in total. The SMILES string of the molecule is CN1CCC(N2COCc3cnccc32)C1=O. The summed E-state index contributed by atoms with van der Waals surface area (Å²) in [6.45, 7) is 1.89. The second kappa shape index (κ2) is 4.00. The summed E-state index contributed by atoms with van der Waals surface area (Å²) in [5.41, 5.74) is 2.14. The van der Waals surface area contributed by atoms with Gasteiger partial charge in [-0.2, -0.15) is 0 Å². The average Bonchev–Trinajstić information content (AvgIpc) is 2.69. The summed E-state index contributed by atoms with van der Waals surface area (Å²) >= 11 is 0. The van der Waals surface area contributed by atoms with E-state index < -0.39 is 0 Å². The van der Waals surface area contributed by atoms with E-state index >= 15 is 0 Å². The number of rotatable bonds is 1. The zero-order valence-electron chi connectivity index (χ0n) is 9.80. The van der Waals surface area contributed by atoms with Crippen LogP contribution in [-0.4, -0.2) is 42.2 Å². The fraction of sp³-hybridized carbons (Fsp3) is 0.500. The molecule has 1 aromatic heterocycles. The van der Waals surface area contributed by atoms with Crippen LogP contribution in [0, 0.1) is 0 Å². The van der Waals surface area contributed by atoms with Crippen LogP contribution in [0.5, 0.6) is 0 Å². The normalized spacial score (nSPS) is 24.1. The number of likely N-dealkylation sites (tertiary alicyclic amines) is 1. The van der Waals surface area contributed by atoms with Gasteiger partial charge in [0.15, 0.2) is 0 Å². The number of likely N-dealkylation sites (N-methyl/N-ethyl adjacent to an activating group) is 1. The Kier molecular flexibility index (Phi) is 2.48. The number of anilines is 1. The van der Waals surface area contributed by atoms with E-state index in [9.17, 15) is 4.79 Å². The first kappa shape index (κ1) is 10.5. The summed E-state index contributed by atoms with van der Waals surface area (Å²) in [5.74, 6) is 0.179. The highest BCUT2D eigenvalue weighted by Gasteiger charge is 2.36. The fourth-order valence-electron chi connectivity index (χ4n) is 2.49. The van der Waals surface area contributed by atoms with Gasteiger partial charge in [-0.3, -0.25) is 9.78 Å². The first-order valence-electron chi connectivity index (χ1n) is 5.79. The molecule has 1 saturated heterocycles. The molecule has 0 spiro atoms. The molecular weight excluding hydrogens is 218 g/mol. The zero-order valence-corrected chi connectivity index (χ0v) is 9.80. The maximum absolute atomic E-state index is 12.0. The van der Waals surface area contributed by atoms with Crippen molar-refractivity contribution in [3.63, 3.8) is 0 Å². The second-order valence-electron chi connectivity index (χ2n) is 4.52. The lowest BCUT2D eigenvalue weighted by atomic mass is 10.1. The number of carbonyl (C=O) groups is 1. The lowest BCUT2D eigenvalue weighted by Crippen LogP contribution is -2.44. The van der Waals surface area contributed by atoms with E-state index in [2.05, 4.69) is 4.98 Å². The Morgan fingerprint density at radius 2 is 2.41 bits per heavy atom. The highest BCUT2D eigenvalue weighted by Crippen LogP contribution is 2.29. The minimum absolute atomic E-state index is 0.0820. The first-order chi connectivity index (χ1) is 8.27. The van der Waals surface area contributed by atoms with Gasteiger partial charge in [0, 0.05) is 37.2 Å². The third kappa shape index (κ3) is 1.67. The number of hydrogen-bond acceptors (Lipinski definition) is 4. The quantitative estimate of drug-likeness (QED) is 0.713. The van der Waals surface area contributed by atoms with Gasteiger partial charge in [0.05, 0.1) is 6.61 Å². The maximum Gasteiger partial charge on any atom is 0.245 e. The number of nitrogens with zero attached hydrogens (tertiary/aromatic N) is 3. The van der Waals surface area contributed by atoms with Crippen molar-refractivity contribution < 1.29 is 9.53 Å². The second-order valence-corrected chi connectivity index (χ2v) is 4.52. The lowest BCUT2D eigenvalue weighted by molar-refractivity contribution is -0.128. The Labute approximate surface area is 100.0 Å². The van der Waals surface area contributed by atoms with Gasteiger partial charge in [0.1, 0.15) is 12.8 Å². The Bertz CT molecular complexity index is 449. The summed E-state index contributed by atoms with van der Waals surface area (Å²) in [6, 6.07) is 1.88. The molecule has 0 aromatic carbocycles. The lowest BCUT2D eigenvalue weighted by Gasteiger charge is -2.34. The molecule has 1 fully saturated rings. The van der Waals surface area contributed by atoms with Crippen LogP contribution in [0.3, 0.4) is 0 Å². The molecule has 0 saturated carbocycles. The van der Waals surface area contributed by atoms with Crippen molar-refractivity contribution in [1.29, 1.82) is 0 Å². The van der Waals surface area contributed by atoms with Gasteiger partial charge in [-0.25, -0.2) is 0 Å². The number of fused-ring (bicyclic) bond motifs is 1. The van der Waals surface area contributed by atoms with Crippen LogP contribution in [0.15, 0.2) is 18.5 Å². The van der Waals surface area contributed by atoms with Crippen LogP contribution in [0.25, 0.3) is 0 Å². The van der Waals surface area contributed by atoms with Crippen molar-refractivity contribution in [1.82, 2.24) is 9.88 Å². The van der Waals surface area contributed by atoms with E-state index in [4.69, 9.17) is 4.74 Å². The van der Waals surface area contributed by atoms with E-state index in [1.54, 1.807) is 11.1 Å². The summed E-state index contributed by atoms with van der Waals surface area (Å²) < 4.78 is 5.52. The molecule has 0 bridgehead atoms. The Balaban J connectivity index is 1.93. The summed E-state index contributed by atoms with van der Waals surface area (Å²) in [6.07, 6.45) is 4.44. The molecular formula is C12H15N3O2. The summed E-state index contributed by atoms with van der Waals surface area (Å²) in [7, 11) is 1.85. The van der Waals surface area contributed by atoms with Crippen LogP contribution in [-0.2, 0) is 16.1 Å². The molecule has 1 aromatic rings. The van der Waals surface area contributed by atoms with Gasteiger partial charge >= 0.3 is 0 Å². The van der Waals surface area contributed by atoms with Crippen LogP contribution in [0.2, 0.25) is 0 Å². The van der Waals surface area contributed by atoms with E-state index in [1.165, 1.54) is 0 Å². The van der Waals surface area contributed by atoms with E-state index in [-0.39, 0.29) is 11.9 Å². The predicted molar refractivity (Wildman–Crippen MR) is 62.4 cm³/mol. The molecule has 17 heavy (non-hydrogen) atoms. The first-order valence-corrected chi connectivity index (χ1v) is 5.79. The number of amides is 1. The molecule has 0 N–H and O–H groups in total. The fourth-order valence-corrected chi connectivity index (χ4v) is 2.49. The Morgan fingerprint density at radius 1 is 1.53 bits per heavy atom. The van der Waals surface area contributed by atoms with Gasteiger partial charge in [-0.15, -0.1) is 0 Å². The predicted octanol–water partition coefficient (Wildman–Crippen LogP) is 0.606. The molecule has 3 rings (SSSR count). The van der Waals surface area contributed by atoms with E-state index in [0.29, 0.717) is 13.3 Å². The van der Waals surface area contributed by atoms with Crippen LogP contribution in [0.1, 0.15) is 12.0 Å². The molecule has 2 aliphatic heterocycles. The molecule has 1 unspecified atom stereocenters. The van der Waals surface area contributed by atoms with Gasteiger partial charge < -0.3 is 14.5 Å². The molecule has 3 heterocycles. The van der Waals surface area contributed by atoms with Crippen molar-refractivity contribution in [2.45, 2.75) is 19.1 Å². The molecule has 5 heteroatoms. The number of aromatic nitrogens is 1. The summed E-state index contributed by atoms with van der Waals surface area (Å²) in [5, 5.41) is 0. The summed E-state index contributed by atoms with van der Waals surface area (Å²) in [4.78, 5) is 19.9. The molecule has 1 atom stereocenters.